The first-order valence-corrected chi connectivity index (χ1v) is 14.4. The zero-order valence-corrected chi connectivity index (χ0v) is 23.0. The van der Waals surface area contributed by atoms with E-state index >= 15 is 0 Å². The molecule has 0 unspecified atom stereocenters. The molecule has 0 atom stereocenters. The molecule has 2 N–H and O–H groups in total. The summed E-state index contributed by atoms with van der Waals surface area (Å²) in [7, 11) is 0. The third kappa shape index (κ3) is 4.63. The second kappa shape index (κ2) is 9.98. The minimum absolute atomic E-state index is 0. The Morgan fingerprint density at radius 2 is 2.02 bits per heavy atom. The average Bonchev–Trinajstić information content (AvgIpc) is 3.64. The summed E-state index contributed by atoms with van der Waals surface area (Å²) in [5, 5.41) is 14.7. The zero-order valence-electron chi connectivity index (χ0n) is 22.2. The summed E-state index contributed by atoms with van der Waals surface area (Å²) in [6, 6.07) is 1.73. The van der Waals surface area contributed by atoms with Gasteiger partial charge in [0.2, 0.25) is 11.8 Å². The largest absolute Gasteiger partial charge is 0.477 e. The molecule has 0 saturated carbocycles. The van der Waals surface area contributed by atoms with Crippen molar-refractivity contribution in [2.75, 3.05) is 43.5 Å². The van der Waals surface area contributed by atoms with Gasteiger partial charge in [0.25, 0.3) is 5.91 Å². The van der Waals surface area contributed by atoms with Gasteiger partial charge in [-0.25, -0.2) is 9.20 Å². The van der Waals surface area contributed by atoms with Gasteiger partial charge in [-0.1, -0.05) is 0 Å². The predicted molar refractivity (Wildman–Crippen MR) is 153 cm³/mol. The lowest BCUT2D eigenvalue weighted by molar-refractivity contribution is -0.167. The van der Waals surface area contributed by atoms with E-state index in [9.17, 15) is 9.59 Å². The van der Waals surface area contributed by atoms with Crippen LogP contribution in [0.2, 0.25) is 0 Å². The number of likely N-dealkylation sites (tertiary alicyclic amines) is 1. The third-order valence-electron chi connectivity index (χ3n) is 7.69. The highest BCUT2D eigenvalue weighted by molar-refractivity contribution is 7.21. The Morgan fingerprint density at radius 1 is 1.12 bits per heavy atom. The maximum Gasteiger partial charge on any atom is 0.260 e. The molecule has 3 aliphatic rings. The second-order valence-electron chi connectivity index (χ2n) is 10.7. The van der Waals surface area contributed by atoms with Crippen LogP contribution in [0.4, 0.5) is 11.4 Å². The minimum atomic E-state index is -0.302. The van der Waals surface area contributed by atoms with Crippen molar-refractivity contribution in [2.45, 2.75) is 44.8 Å². The molecule has 212 valence electrons. The van der Waals surface area contributed by atoms with Gasteiger partial charge in [0.1, 0.15) is 4.83 Å². The van der Waals surface area contributed by atoms with Crippen molar-refractivity contribution in [1.82, 2.24) is 29.3 Å². The van der Waals surface area contributed by atoms with Crippen molar-refractivity contribution >= 4 is 39.4 Å². The maximum atomic E-state index is 13.3. The summed E-state index contributed by atoms with van der Waals surface area (Å²) in [6.07, 6.45) is 11.1. The molecule has 0 aromatic carbocycles. The molecule has 13 heteroatoms. The molecule has 2 amide bonds. The standard InChI is InChI=1S/C27H30N8O4S.2H2/c1-17-21(9-18(10-28-17)31-23(36)14-33-15-27(16-33)5-2-3-8-39-27)32-24(37)20-12-30-35-13-22(40-26(20)35)19-11-29-34-6-4-7-38-25(19)34;;/h9-13H,2-8,14-16H2,1H3,(H,31,36)(H,32,37);2*1H. The molecule has 0 radical (unpaired) electrons. The Morgan fingerprint density at radius 3 is 2.88 bits per heavy atom. The summed E-state index contributed by atoms with van der Waals surface area (Å²) in [6.45, 7) is 5.97. The Bertz CT molecular complexity index is 1600. The molecule has 2 fully saturated rings. The number of nitrogens with zero attached hydrogens (tertiary/aromatic N) is 6. The van der Waals surface area contributed by atoms with E-state index in [0.717, 1.165) is 61.8 Å². The van der Waals surface area contributed by atoms with Crippen LogP contribution in [0.25, 0.3) is 15.3 Å². The quantitative estimate of drug-likeness (QED) is 0.362. The molecule has 40 heavy (non-hydrogen) atoms. The fourth-order valence-corrected chi connectivity index (χ4v) is 6.73. The third-order valence-corrected chi connectivity index (χ3v) is 8.84. The molecule has 7 rings (SSSR count). The van der Waals surface area contributed by atoms with E-state index < -0.39 is 0 Å². The highest BCUT2D eigenvalue weighted by atomic mass is 32.1. The number of aromatic nitrogens is 5. The summed E-state index contributed by atoms with van der Waals surface area (Å²) in [4.78, 5) is 34.1. The first kappa shape index (κ1) is 25.2. The topological polar surface area (TPSA) is 128 Å². The number of amides is 2. The Labute approximate surface area is 237 Å². The van der Waals surface area contributed by atoms with Gasteiger partial charge in [-0.2, -0.15) is 10.2 Å². The van der Waals surface area contributed by atoms with Crippen molar-refractivity contribution in [3.8, 4) is 16.3 Å². The van der Waals surface area contributed by atoms with Crippen molar-refractivity contribution in [2.24, 2.45) is 0 Å². The number of pyridine rings is 1. The van der Waals surface area contributed by atoms with Crippen LogP contribution in [-0.4, -0.2) is 79.5 Å². The van der Waals surface area contributed by atoms with Crippen molar-refractivity contribution in [3.63, 3.8) is 0 Å². The van der Waals surface area contributed by atoms with Crippen LogP contribution in [0, 0.1) is 6.92 Å². The molecular weight excluding hydrogens is 532 g/mol. The minimum Gasteiger partial charge on any atom is -0.477 e. The van der Waals surface area contributed by atoms with Crippen LogP contribution in [0.3, 0.4) is 0 Å². The Hall–Kier alpha value is -3.81. The first-order valence-electron chi connectivity index (χ1n) is 13.6. The Balaban J connectivity index is 0.00000176. The number of carbonyl (C=O) groups excluding carboxylic acids is 2. The Kier molecular flexibility index (Phi) is 6.28. The summed E-state index contributed by atoms with van der Waals surface area (Å²) in [5.41, 5.74) is 2.98. The molecule has 2 saturated heterocycles. The van der Waals surface area contributed by atoms with Gasteiger partial charge in [0, 0.05) is 41.7 Å². The van der Waals surface area contributed by atoms with Crippen molar-refractivity contribution in [1.29, 1.82) is 0 Å². The van der Waals surface area contributed by atoms with Gasteiger partial charge >= 0.3 is 0 Å². The number of carbonyl (C=O) groups is 2. The number of hydrogen-bond acceptors (Lipinski definition) is 9. The average molecular weight is 567 g/mol. The molecule has 4 aromatic rings. The van der Waals surface area contributed by atoms with Crippen LogP contribution >= 0.6 is 11.3 Å². The van der Waals surface area contributed by atoms with Gasteiger partial charge in [-0.3, -0.25) is 19.5 Å². The summed E-state index contributed by atoms with van der Waals surface area (Å²) >= 11 is 1.46. The normalized spacial score (nSPS) is 18.2. The van der Waals surface area contributed by atoms with Crippen molar-refractivity contribution < 1.29 is 21.9 Å². The lowest BCUT2D eigenvalue weighted by Gasteiger charge is -2.51. The number of thiazole rings is 1. The fraction of sp³-hybridized carbons (Fsp3) is 0.444. The summed E-state index contributed by atoms with van der Waals surface area (Å²) in [5.74, 6) is 0.325. The molecule has 0 bridgehead atoms. The van der Waals surface area contributed by atoms with Crippen LogP contribution in [0.5, 0.6) is 5.88 Å². The van der Waals surface area contributed by atoms with E-state index in [4.69, 9.17) is 9.47 Å². The van der Waals surface area contributed by atoms with Gasteiger partial charge in [0.05, 0.1) is 70.4 Å². The number of ether oxygens (including phenoxy) is 2. The number of nitrogens with one attached hydrogen (secondary N) is 2. The number of hydrogen-bond donors (Lipinski definition) is 2. The number of aryl methyl sites for hydroxylation is 2. The van der Waals surface area contributed by atoms with Gasteiger partial charge in [0.15, 0.2) is 0 Å². The van der Waals surface area contributed by atoms with E-state index in [1.807, 2.05) is 17.8 Å². The van der Waals surface area contributed by atoms with E-state index in [1.54, 1.807) is 29.2 Å². The van der Waals surface area contributed by atoms with Gasteiger partial charge in [-0.05, 0) is 32.3 Å². The first-order chi connectivity index (χ1) is 19.5. The van der Waals surface area contributed by atoms with E-state index in [-0.39, 0.29) is 20.3 Å². The fourth-order valence-electron chi connectivity index (χ4n) is 5.67. The van der Waals surface area contributed by atoms with Crippen molar-refractivity contribution in [3.05, 3.63) is 42.1 Å². The zero-order chi connectivity index (χ0) is 27.3. The molecular formula is C27H34N8O4S. The second-order valence-corrected chi connectivity index (χ2v) is 11.7. The van der Waals surface area contributed by atoms with E-state index in [1.165, 1.54) is 17.8 Å². The smallest absolute Gasteiger partial charge is 0.260 e. The summed E-state index contributed by atoms with van der Waals surface area (Å²) < 4.78 is 15.4. The van der Waals surface area contributed by atoms with E-state index in [2.05, 4.69) is 30.7 Å². The molecule has 12 nitrogen and oxygen atoms in total. The molecule has 4 aromatic heterocycles. The van der Waals surface area contributed by atoms with Crippen LogP contribution in [0.1, 0.15) is 44.6 Å². The maximum absolute atomic E-state index is 13.3. The number of fused-ring (bicyclic) bond motifs is 2. The SMILES string of the molecule is Cc1ncc(NC(=O)CN2CC3(CCCCO3)C2)cc1NC(=O)c1cnn2cc(-c3cnn4c3OCCC4)sc12.[HH].[HH]. The lowest BCUT2D eigenvalue weighted by atomic mass is 9.86. The number of rotatable bonds is 6. The monoisotopic (exact) mass is 566 g/mol. The van der Waals surface area contributed by atoms with E-state index in [0.29, 0.717) is 40.6 Å². The van der Waals surface area contributed by atoms with Crippen LogP contribution in [-0.2, 0) is 16.1 Å². The molecule has 7 heterocycles. The van der Waals surface area contributed by atoms with Gasteiger partial charge < -0.3 is 20.1 Å². The number of anilines is 2. The molecule has 0 aliphatic carbocycles. The van der Waals surface area contributed by atoms with Gasteiger partial charge in [-0.15, -0.1) is 11.3 Å². The highest BCUT2D eigenvalue weighted by Gasteiger charge is 2.45. The van der Waals surface area contributed by atoms with Crippen LogP contribution < -0.4 is 15.4 Å². The molecule has 3 aliphatic heterocycles. The lowest BCUT2D eigenvalue weighted by Crippen LogP contribution is -2.65. The predicted octanol–water partition coefficient (Wildman–Crippen LogP) is 3.68. The highest BCUT2D eigenvalue weighted by Crippen LogP contribution is 2.38. The van der Waals surface area contributed by atoms with Crippen LogP contribution in [0.15, 0.2) is 30.9 Å². The molecule has 1 spiro atoms.